The Bertz CT molecular complexity index is 908. The Morgan fingerprint density at radius 3 is 2.81 bits per heavy atom. The number of carbonyl (C=O) groups is 1. The van der Waals surface area contributed by atoms with E-state index >= 15 is 0 Å². The normalized spacial score (nSPS) is 12.0. The summed E-state index contributed by atoms with van der Waals surface area (Å²) in [6.45, 7) is 0. The van der Waals surface area contributed by atoms with Crippen molar-refractivity contribution in [1.29, 1.82) is 0 Å². The highest BCUT2D eigenvalue weighted by atomic mass is 16.5. The smallest absolute Gasteiger partial charge is 0.475 e. The summed E-state index contributed by atoms with van der Waals surface area (Å²) in [4.78, 5) is 12.3. The molecule has 7 heteroatoms. The van der Waals surface area contributed by atoms with Crippen LogP contribution in [0.1, 0.15) is 17.5 Å². The highest BCUT2D eigenvalue weighted by molar-refractivity contribution is 6.43. The van der Waals surface area contributed by atoms with Crippen LogP contribution in [-0.2, 0) is 17.6 Å². The number of benzene rings is 2. The van der Waals surface area contributed by atoms with Gasteiger partial charge in [-0.25, -0.2) is 0 Å². The number of methoxy groups -OCH3 is 1. The predicted octanol–water partition coefficient (Wildman–Crippen LogP) is 2.11. The lowest BCUT2D eigenvalue weighted by atomic mass is 9.76. The molecule has 0 saturated carbocycles. The van der Waals surface area contributed by atoms with Crippen LogP contribution in [-0.4, -0.2) is 36.1 Å². The number of aryl methyl sites for hydroxylation is 1. The Morgan fingerprint density at radius 2 is 2.04 bits per heavy atom. The van der Waals surface area contributed by atoms with Crippen LogP contribution in [0.15, 0.2) is 59.2 Å². The molecule has 3 aromatic rings. The van der Waals surface area contributed by atoms with E-state index in [9.17, 15) is 14.8 Å². The van der Waals surface area contributed by atoms with Crippen molar-refractivity contribution in [1.82, 2.24) is 5.32 Å². The van der Waals surface area contributed by atoms with E-state index in [1.54, 1.807) is 13.4 Å². The molecule has 3 rings (SSSR count). The molecule has 3 N–H and O–H groups in total. The van der Waals surface area contributed by atoms with Gasteiger partial charge in [-0.2, -0.15) is 0 Å². The number of hydrogen-bond acceptors (Lipinski definition) is 5. The summed E-state index contributed by atoms with van der Waals surface area (Å²) < 4.78 is 10.6. The van der Waals surface area contributed by atoms with Gasteiger partial charge in [0.05, 0.1) is 19.3 Å². The van der Waals surface area contributed by atoms with Gasteiger partial charge in [0.1, 0.15) is 11.3 Å². The van der Waals surface area contributed by atoms with Crippen molar-refractivity contribution in [2.45, 2.75) is 25.2 Å². The van der Waals surface area contributed by atoms with Crippen LogP contribution in [0.2, 0.25) is 0 Å². The van der Waals surface area contributed by atoms with E-state index in [0.29, 0.717) is 6.42 Å². The summed E-state index contributed by atoms with van der Waals surface area (Å²) in [5, 5.41) is 23.0. The zero-order valence-electron chi connectivity index (χ0n) is 15.1. The fraction of sp³-hybridized carbons (Fsp3) is 0.250. The first-order chi connectivity index (χ1) is 13.1. The fourth-order valence-electron chi connectivity index (χ4n) is 3.02. The van der Waals surface area contributed by atoms with Crippen molar-refractivity contribution in [3.8, 4) is 5.75 Å². The van der Waals surface area contributed by atoms with Crippen LogP contribution in [0.4, 0.5) is 0 Å². The Balaban J connectivity index is 1.61. The van der Waals surface area contributed by atoms with E-state index in [0.717, 1.165) is 27.8 Å². The molecule has 0 aliphatic carbocycles. The molecular formula is C20H22BNO5. The monoisotopic (exact) mass is 367 g/mol. The van der Waals surface area contributed by atoms with Crippen LogP contribution >= 0.6 is 0 Å². The zero-order valence-corrected chi connectivity index (χ0v) is 15.1. The molecule has 1 heterocycles. The maximum atomic E-state index is 12.3. The van der Waals surface area contributed by atoms with Crippen molar-refractivity contribution in [3.05, 3.63) is 65.9 Å². The molecule has 1 atom stereocenters. The Kier molecular flexibility index (Phi) is 6.16. The second-order valence-corrected chi connectivity index (χ2v) is 6.40. The summed E-state index contributed by atoms with van der Waals surface area (Å²) in [7, 11) is -0.0713. The predicted molar refractivity (Wildman–Crippen MR) is 103 cm³/mol. The molecule has 0 spiro atoms. The Labute approximate surface area is 157 Å². The second kappa shape index (κ2) is 8.75. The number of carbonyl (C=O) groups excluding carboxylic acids is 1. The van der Waals surface area contributed by atoms with E-state index < -0.39 is 13.1 Å². The number of ether oxygens (including phenoxy) is 1. The maximum absolute atomic E-state index is 12.3. The summed E-state index contributed by atoms with van der Waals surface area (Å²) in [5.41, 5.74) is 2.52. The molecule has 0 radical (unpaired) electrons. The van der Waals surface area contributed by atoms with Gasteiger partial charge in [-0.05, 0) is 42.2 Å². The van der Waals surface area contributed by atoms with Crippen molar-refractivity contribution < 1.29 is 24.0 Å². The summed E-state index contributed by atoms with van der Waals surface area (Å²) in [6, 6.07) is 15.0. The molecule has 0 saturated heterocycles. The molecule has 0 unspecified atom stereocenters. The molecule has 1 amide bonds. The third kappa shape index (κ3) is 4.90. The van der Waals surface area contributed by atoms with Crippen LogP contribution in [0.25, 0.3) is 11.0 Å². The molecule has 1 aromatic heterocycles. The largest absolute Gasteiger partial charge is 0.497 e. The van der Waals surface area contributed by atoms with Crippen LogP contribution < -0.4 is 10.1 Å². The number of rotatable bonds is 8. The van der Waals surface area contributed by atoms with E-state index in [1.165, 1.54) is 0 Å². The van der Waals surface area contributed by atoms with Crippen molar-refractivity contribution in [3.63, 3.8) is 0 Å². The van der Waals surface area contributed by atoms with Crippen molar-refractivity contribution >= 4 is 24.0 Å². The van der Waals surface area contributed by atoms with Gasteiger partial charge in [-0.3, -0.25) is 4.79 Å². The third-order valence-corrected chi connectivity index (χ3v) is 4.48. The van der Waals surface area contributed by atoms with Crippen molar-refractivity contribution in [2.75, 3.05) is 7.11 Å². The lowest BCUT2D eigenvalue weighted by Gasteiger charge is -2.17. The first kappa shape index (κ1) is 19.0. The topological polar surface area (TPSA) is 91.9 Å². The Morgan fingerprint density at radius 1 is 1.22 bits per heavy atom. The number of furan rings is 1. The van der Waals surface area contributed by atoms with Gasteiger partial charge in [-0.1, -0.05) is 30.3 Å². The number of nitrogens with one attached hydrogen (secondary N) is 1. The maximum Gasteiger partial charge on any atom is 0.475 e. The van der Waals surface area contributed by atoms with E-state index in [1.807, 2.05) is 48.5 Å². The average molecular weight is 367 g/mol. The lowest BCUT2D eigenvalue weighted by molar-refractivity contribution is -0.121. The second-order valence-electron chi connectivity index (χ2n) is 6.40. The molecule has 140 valence electrons. The molecule has 27 heavy (non-hydrogen) atoms. The minimum atomic E-state index is -1.67. The molecule has 0 fully saturated rings. The third-order valence-electron chi connectivity index (χ3n) is 4.48. The van der Waals surface area contributed by atoms with Gasteiger partial charge in [-0.15, -0.1) is 0 Å². The minimum Gasteiger partial charge on any atom is -0.497 e. The highest BCUT2D eigenvalue weighted by Crippen LogP contribution is 2.22. The van der Waals surface area contributed by atoms with Gasteiger partial charge >= 0.3 is 7.12 Å². The molecule has 0 bridgehead atoms. The number of para-hydroxylation sites is 1. The van der Waals surface area contributed by atoms with Crippen LogP contribution in [0, 0.1) is 0 Å². The van der Waals surface area contributed by atoms with E-state index in [4.69, 9.17) is 9.15 Å². The summed E-state index contributed by atoms with van der Waals surface area (Å²) >= 11 is 0. The number of hydrogen-bond donors (Lipinski definition) is 3. The first-order valence-corrected chi connectivity index (χ1v) is 8.80. The molecule has 0 aliphatic rings. The van der Waals surface area contributed by atoms with Crippen molar-refractivity contribution in [2.24, 2.45) is 0 Å². The van der Waals surface area contributed by atoms with Gasteiger partial charge in [0.25, 0.3) is 0 Å². The Hall–Kier alpha value is -2.77. The SMILES string of the molecule is COc1cccc(CCC(=O)N[C@@H](Cc2coc3ccccc23)B(O)O)c1. The molecule has 6 nitrogen and oxygen atoms in total. The van der Waals surface area contributed by atoms with Gasteiger partial charge in [0, 0.05) is 11.8 Å². The van der Waals surface area contributed by atoms with E-state index in [2.05, 4.69) is 5.32 Å². The molecular weight excluding hydrogens is 345 g/mol. The summed E-state index contributed by atoms with van der Waals surface area (Å²) in [6.07, 6.45) is 2.62. The van der Waals surface area contributed by atoms with Gasteiger partial charge < -0.3 is 24.5 Å². The zero-order chi connectivity index (χ0) is 19.2. The van der Waals surface area contributed by atoms with Gasteiger partial charge in [0.15, 0.2) is 0 Å². The lowest BCUT2D eigenvalue weighted by Crippen LogP contribution is -2.47. The first-order valence-electron chi connectivity index (χ1n) is 8.80. The molecule has 2 aromatic carbocycles. The fourth-order valence-corrected chi connectivity index (χ4v) is 3.02. The number of fused-ring (bicyclic) bond motifs is 1. The van der Waals surface area contributed by atoms with Crippen LogP contribution in [0.3, 0.4) is 0 Å². The van der Waals surface area contributed by atoms with Gasteiger partial charge in [0.2, 0.25) is 5.91 Å². The molecule has 0 aliphatic heterocycles. The average Bonchev–Trinajstić information content (AvgIpc) is 3.09. The summed E-state index contributed by atoms with van der Waals surface area (Å²) in [5.74, 6) is -0.323. The number of amides is 1. The van der Waals surface area contributed by atoms with Crippen LogP contribution in [0.5, 0.6) is 5.75 Å². The minimum absolute atomic E-state index is 0.239. The van der Waals surface area contributed by atoms with E-state index in [-0.39, 0.29) is 18.7 Å². The quantitative estimate of drug-likeness (QED) is 0.531. The standard InChI is InChI=1S/C20H22BNO5/c1-26-16-6-4-5-14(11-16)9-10-20(23)22-19(21(24)25)12-15-13-27-18-8-3-2-7-17(15)18/h2-8,11,13,19,24-25H,9-10,12H2,1H3,(H,22,23)/t19-/m0/s1. The highest BCUT2D eigenvalue weighted by Gasteiger charge is 2.26.